The third-order valence-corrected chi connectivity index (χ3v) is 17.8. The second kappa shape index (κ2) is 7.69. The lowest BCUT2D eigenvalue weighted by Crippen LogP contribution is -2.55. The van der Waals surface area contributed by atoms with Gasteiger partial charge in [-0.1, -0.05) is 33.1 Å². The van der Waals surface area contributed by atoms with Crippen LogP contribution < -0.4 is 0 Å². The molecule has 0 spiro atoms. The largest absolute Gasteiger partial charge is 0.397 e. The van der Waals surface area contributed by atoms with Gasteiger partial charge >= 0.3 is 9.28 Å². The van der Waals surface area contributed by atoms with Gasteiger partial charge in [0.1, 0.15) is 16.5 Å². The zero-order valence-corrected chi connectivity index (χ0v) is 17.8. The first-order valence-electron chi connectivity index (χ1n) is 8.25. The van der Waals surface area contributed by atoms with E-state index in [1.807, 2.05) is 0 Å². The zero-order chi connectivity index (χ0) is 15.4. The second-order valence-electron chi connectivity index (χ2n) is 7.32. The third-order valence-electron chi connectivity index (χ3n) is 4.74. The highest BCUT2D eigenvalue weighted by atomic mass is 28.4. The summed E-state index contributed by atoms with van der Waals surface area (Å²) in [7, 11) is -3.70. The quantitative estimate of drug-likeness (QED) is 0.631. The van der Waals surface area contributed by atoms with Crippen molar-refractivity contribution in [2.45, 2.75) is 71.0 Å². The van der Waals surface area contributed by atoms with Gasteiger partial charge in [0.25, 0.3) is 0 Å². The smallest absolute Gasteiger partial charge is 0.324 e. The SMILES string of the molecule is CCO[SiH](OCC)C(C)CCN1[Si](C)(C)CC[Si]1(C)C. The van der Waals surface area contributed by atoms with Crippen LogP contribution in [0.15, 0.2) is 0 Å². The Morgan fingerprint density at radius 2 is 1.45 bits per heavy atom. The maximum Gasteiger partial charge on any atom is 0.324 e. The highest BCUT2D eigenvalue weighted by Crippen LogP contribution is 2.37. The van der Waals surface area contributed by atoms with Crippen molar-refractivity contribution in [3.05, 3.63) is 0 Å². The molecule has 0 aromatic rings. The predicted octanol–water partition coefficient (Wildman–Crippen LogP) is 3.79. The van der Waals surface area contributed by atoms with Crippen molar-refractivity contribution < 1.29 is 8.85 Å². The van der Waals surface area contributed by atoms with E-state index in [-0.39, 0.29) is 0 Å². The molecule has 3 nitrogen and oxygen atoms in total. The Morgan fingerprint density at radius 3 is 1.85 bits per heavy atom. The fourth-order valence-corrected chi connectivity index (χ4v) is 19.4. The minimum absolute atomic E-state index is 0.616. The van der Waals surface area contributed by atoms with Crippen LogP contribution >= 0.6 is 0 Å². The first kappa shape index (κ1) is 18.6. The molecule has 0 aromatic carbocycles. The van der Waals surface area contributed by atoms with E-state index in [1.165, 1.54) is 25.1 Å². The van der Waals surface area contributed by atoms with E-state index in [0.29, 0.717) is 5.54 Å². The molecule has 1 fully saturated rings. The Hall–Kier alpha value is 0.531. The molecule has 1 heterocycles. The molecule has 120 valence electrons. The van der Waals surface area contributed by atoms with Crippen LogP contribution in [0.25, 0.3) is 0 Å². The van der Waals surface area contributed by atoms with Crippen molar-refractivity contribution in [2.75, 3.05) is 19.8 Å². The molecule has 1 aliphatic rings. The molecular formula is C14H35NO2Si3. The van der Waals surface area contributed by atoms with Crippen molar-refractivity contribution in [3.63, 3.8) is 0 Å². The van der Waals surface area contributed by atoms with Crippen LogP contribution in [0.2, 0.25) is 43.8 Å². The van der Waals surface area contributed by atoms with Gasteiger partial charge in [-0.2, -0.15) is 0 Å². The lowest BCUT2D eigenvalue weighted by Gasteiger charge is -2.39. The highest BCUT2D eigenvalue weighted by molar-refractivity contribution is 6.95. The van der Waals surface area contributed by atoms with Gasteiger partial charge in [-0.3, -0.25) is 0 Å². The van der Waals surface area contributed by atoms with E-state index < -0.39 is 25.8 Å². The second-order valence-corrected chi connectivity index (χ2v) is 19.6. The van der Waals surface area contributed by atoms with Crippen LogP contribution in [0, 0.1) is 0 Å². The molecule has 0 bridgehead atoms. The minimum Gasteiger partial charge on any atom is -0.397 e. The first-order valence-corrected chi connectivity index (χ1v) is 16.2. The van der Waals surface area contributed by atoms with Crippen LogP contribution in [0.1, 0.15) is 27.2 Å². The van der Waals surface area contributed by atoms with Gasteiger partial charge in [0, 0.05) is 13.2 Å². The van der Waals surface area contributed by atoms with Gasteiger partial charge in [0.05, 0.1) is 0 Å². The summed E-state index contributed by atoms with van der Waals surface area (Å²) < 4.78 is 14.7. The van der Waals surface area contributed by atoms with Crippen LogP contribution in [0.3, 0.4) is 0 Å². The fraction of sp³-hybridized carbons (Fsp3) is 1.00. The lowest BCUT2D eigenvalue weighted by molar-refractivity contribution is 0.203. The summed E-state index contributed by atoms with van der Waals surface area (Å²) in [4.78, 5) is 0. The maximum absolute atomic E-state index is 5.88. The van der Waals surface area contributed by atoms with Gasteiger partial charge < -0.3 is 13.1 Å². The number of nitrogens with zero attached hydrogens (tertiary/aromatic N) is 1. The Balaban J connectivity index is 2.56. The molecule has 0 N–H and O–H groups in total. The van der Waals surface area contributed by atoms with E-state index in [9.17, 15) is 0 Å². The van der Waals surface area contributed by atoms with E-state index in [2.05, 4.69) is 51.2 Å². The average Bonchev–Trinajstić information content (AvgIpc) is 2.56. The molecular weight excluding hydrogens is 298 g/mol. The standard InChI is InChI=1S/C14H35NO2Si3/c1-8-16-18(17-9-2)14(3)10-11-15-19(4,5)12-13-20(15,6)7/h14,18H,8-13H2,1-7H3. The molecule has 1 saturated heterocycles. The van der Waals surface area contributed by atoms with Crippen molar-refractivity contribution >= 4 is 25.8 Å². The molecule has 0 saturated carbocycles. The highest BCUT2D eigenvalue weighted by Gasteiger charge is 2.46. The topological polar surface area (TPSA) is 21.7 Å². The van der Waals surface area contributed by atoms with Crippen molar-refractivity contribution in [2.24, 2.45) is 0 Å². The summed E-state index contributed by atoms with van der Waals surface area (Å²) in [6.07, 6.45) is 1.25. The number of rotatable bonds is 8. The third kappa shape index (κ3) is 4.78. The summed E-state index contributed by atoms with van der Waals surface area (Å²) >= 11 is 0. The normalized spacial score (nSPS) is 23.4. The first-order chi connectivity index (χ1) is 9.24. The van der Waals surface area contributed by atoms with E-state index in [0.717, 1.165) is 13.2 Å². The summed E-state index contributed by atoms with van der Waals surface area (Å²) in [6, 6.07) is 3.00. The molecule has 0 aliphatic carbocycles. The van der Waals surface area contributed by atoms with Gasteiger partial charge in [-0.05, 0) is 44.4 Å². The van der Waals surface area contributed by atoms with E-state index in [1.54, 1.807) is 0 Å². The van der Waals surface area contributed by atoms with Gasteiger partial charge in [0.2, 0.25) is 0 Å². The fourth-order valence-electron chi connectivity index (χ4n) is 3.48. The van der Waals surface area contributed by atoms with E-state index >= 15 is 0 Å². The Kier molecular flexibility index (Phi) is 7.14. The van der Waals surface area contributed by atoms with Crippen molar-refractivity contribution in [1.29, 1.82) is 0 Å². The predicted molar refractivity (Wildman–Crippen MR) is 95.7 cm³/mol. The van der Waals surface area contributed by atoms with Gasteiger partial charge in [-0.25, -0.2) is 0 Å². The number of hydrogen-bond acceptors (Lipinski definition) is 3. The van der Waals surface area contributed by atoms with Gasteiger partial charge in [-0.15, -0.1) is 0 Å². The summed E-state index contributed by atoms with van der Waals surface area (Å²) in [5, 5.41) is 0. The zero-order valence-electron chi connectivity index (χ0n) is 14.7. The number of hydrogen-bond donors (Lipinski definition) is 0. The Morgan fingerprint density at radius 1 is 1.00 bits per heavy atom. The Bertz CT molecular complexity index is 278. The van der Waals surface area contributed by atoms with E-state index in [4.69, 9.17) is 8.85 Å². The summed E-state index contributed by atoms with van der Waals surface area (Å²) in [5.74, 6) is 0. The maximum atomic E-state index is 5.88. The van der Waals surface area contributed by atoms with Crippen molar-refractivity contribution in [1.82, 2.24) is 4.23 Å². The average molecular weight is 334 g/mol. The minimum atomic E-state index is -1.47. The summed E-state index contributed by atoms with van der Waals surface area (Å²) in [6.45, 7) is 19.6. The van der Waals surface area contributed by atoms with Crippen LogP contribution in [0.4, 0.5) is 0 Å². The molecule has 6 heteroatoms. The molecule has 1 unspecified atom stereocenters. The molecule has 1 aliphatic heterocycles. The Labute approximate surface area is 130 Å². The van der Waals surface area contributed by atoms with Crippen LogP contribution in [0.5, 0.6) is 0 Å². The molecule has 0 radical (unpaired) electrons. The lowest BCUT2D eigenvalue weighted by atomic mass is 10.3. The van der Waals surface area contributed by atoms with Gasteiger partial charge in [0.15, 0.2) is 0 Å². The van der Waals surface area contributed by atoms with Crippen molar-refractivity contribution in [3.8, 4) is 0 Å². The molecule has 1 atom stereocenters. The van der Waals surface area contributed by atoms with Crippen LogP contribution in [-0.4, -0.2) is 49.7 Å². The summed E-state index contributed by atoms with van der Waals surface area (Å²) in [5.41, 5.74) is 0.616. The molecule has 0 aromatic heterocycles. The molecule has 0 amide bonds. The molecule has 20 heavy (non-hydrogen) atoms. The van der Waals surface area contributed by atoms with Crippen LogP contribution in [-0.2, 0) is 8.85 Å². The monoisotopic (exact) mass is 333 g/mol. The molecule has 1 rings (SSSR count).